The number of rotatable bonds is 5. The standard InChI is InChI=1S/C12H18N4O2/c1-2-14-12(16-8-3-4-8)15-7-9-5-6-10(18-9)11(13)17/h5-6,8H,2-4,7H2,1H3,(H2,13,17)(H2,14,15,16). The minimum atomic E-state index is -0.562. The number of nitrogens with zero attached hydrogens (tertiary/aromatic N) is 1. The Morgan fingerprint density at radius 1 is 1.56 bits per heavy atom. The topological polar surface area (TPSA) is 92.6 Å². The van der Waals surface area contributed by atoms with E-state index < -0.39 is 5.91 Å². The molecule has 4 N–H and O–H groups in total. The van der Waals surface area contributed by atoms with Gasteiger partial charge in [0.15, 0.2) is 11.7 Å². The summed E-state index contributed by atoms with van der Waals surface area (Å²) in [4.78, 5) is 15.3. The first-order valence-electron chi connectivity index (χ1n) is 6.12. The van der Waals surface area contributed by atoms with Gasteiger partial charge in [0, 0.05) is 12.6 Å². The predicted octanol–water partition coefficient (Wildman–Crippen LogP) is 0.596. The number of amides is 1. The van der Waals surface area contributed by atoms with Crippen molar-refractivity contribution in [2.45, 2.75) is 32.4 Å². The van der Waals surface area contributed by atoms with Gasteiger partial charge in [0.25, 0.3) is 5.91 Å². The Balaban J connectivity index is 1.94. The summed E-state index contributed by atoms with van der Waals surface area (Å²) >= 11 is 0. The Morgan fingerprint density at radius 2 is 2.33 bits per heavy atom. The largest absolute Gasteiger partial charge is 0.454 e. The minimum Gasteiger partial charge on any atom is -0.454 e. The second-order valence-corrected chi connectivity index (χ2v) is 4.24. The molecule has 0 atom stereocenters. The molecule has 98 valence electrons. The quantitative estimate of drug-likeness (QED) is 0.527. The summed E-state index contributed by atoms with van der Waals surface area (Å²) in [6, 6.07) is 3.82. The van der Waals surface area contributed by atoms with Gasteiger partial charge >= 0.3 is 0 Å². The fraction of sp³-hybridized carbons (Fsp3) is 0.500. The van der Waals surface area contributed by atoms with Crippen molar-refractivity contribution in [1.82, 2.24) is 10.6 Å². The Kier molecular flexibility index (Phi) is 3.86. The maximum atomic E-state index is 10.9. The molecule has 1 fully saturated rings. The van der Waals surface area contributed by atoms with Crippen molar-refractivity contribution in [3.8, 4) is 0 Å². The molecule has 0 spiro atoms. The van der Waals surface area contributed by atoms with Crippen molar-refractivity contribution < 1.29 is 9.21 Å². The summed E-state index contributed by atoms with van der Waals surface area (Å²) in [5, 5.41) is 6.46. The number of hydrogen-bond donors (Lipinski definition) is 3. The molecule has 1 aromatic heterocycles. The van der Waals surface area contributed by atoms with Crippen molar-refractivity contribution in [2.75, 3.05) is 6.54 Å². The van der Waals surface area contributed by atoms with Crippen LogP contribution in [0.25, 0.3) is 0 Å². The van der Waals surface area contributed by atoms with Gasteiger partial charge in [0.2, 0.25) is 0 Å². The molecule has 0 aliphatic heterocycles. The molecule has 1 aromatic rings. The summed E-state index contributed by atoms with van der Waals surface area (Å²) in [5.41, 5.74) is 5.11. The lowest BCUT2D eigenvalue weighted by atomic mass is 10.4. The molecule has 6 heteroatoms. The molecule has 0 bridgehead atoms. The number of carbonyl (C=O) groups is 1. The molecule has 6 nitrogen and oxygen atoms in total. The van der Waals surface area contributed by atoms with Gasteiger partial charge < -0.3 is 20.8 Å². The molecule has 1 aliphatic carbocycles. The number of primary amides is 1. The summed E-state index contributed by atoms with van der Waals surface area (Å²) in [6.45, 7) is 3.21. The molecular weight excluding hydrogens is 232 g/mol. The van der Waals surface area contributed by atoms with Crippen LogP contribution in [-0.2, 0) is 6.54 Å². The van der Waals surface area contributed by atoms with Crippen LogP contribution in [0.4, 0.5) is 0 Å². The smallest absolute Gasteiger partial charge is 0.284 e. The minimum absolute atomic E-state index is 0.167. The van der Waals surface area contributed by atoms with Crippen molar-refractivity contribution >= 4 is 11.9 Å². The predicted molar refractivity (Wildman–Crippen MR) is 68.2 cm³/mol. The summed E-state index contributed by atoms with van der Waals surface area (Å²) in [6.07, 6.45) is 2.38. The summed E-state index contributed by atoms with van der Waals surface area (Å²) < 4.78 is 5.26. The van der Waals surface area contributed by atoms with Crippen LogP contribution in [0, 0.1) is 0 Å². The van der Waals surface area contributed by atoms with Crippen molar-refractivity contribution in [2.24, 2.45) is 10.7 Å². The van der Waals surface area contributed by atoms with Crippen LogP contribution in [0.1, 0.15) is 36.1 Å². The third-order valence-electron chi connectivity index (χ3n) is 2.56. The Morgan fingerprint density at radius 3 is 2.89 bits per heavy atom. The fourth-order valence-electron chi connectivity index (χ4n) is 1.49. The van der Waals surface area contributed by atoms with Crippen molar-refractivity contribution in [1.29, 1.82) is 0 Å². The Bertz CT molecular complexity index is 449. The number of nitrogens with two attached hydrogens (primary N) is 1. The zero-order valence-electron chi connectivity index (χ0n) is 10.4. The normalized spacial score (nSPS) is 15.5. The Hall–Kier alpha value is -1.98. The monoisotopic (exact) mass is 250 g/mol. The van der Waals surface area contributed by atoms with E-state index in [0.717, 1.165) is 12.5 Å². The molecule has 0 saturated heterocycles. The van der Waals surface area contributed by atoms with Gasteiger partial charge in [-0.05, 0) is 31.9 Å². The van der Waals surface area contributed by atoms with E-state index >= 15 is 0 Å². The number of guanidine groups is 1. The van der Waals surface area contributed by atoms with Crippen LogP contribution in [0.3, 0.4) is 0 Å². The molecule has 18 heavy (non-hydrogen) atoms. The van der Waals surface area contributed by atoms with Gasteiger partial charge in [-0.25, -0.2) is 4.99 Å². The van der Waals surface area contributed by atoms with Gasteiger partial charge in [-0.3, -0.25) is 4.79 Å². The molecule has 1 heterocycles. The van der Waals surface area contributed by atoms with Crippen molar-refractivity contribution in [3.05, 3.63) is 23.7 Å². The van der Waals surface area contributed by atoms with Crippen LogP contribution in [0.5, 0.6) is 0 Å². The second-order valence-electron chi connectivity index (χ2n) is 4.24. The second kappa shape index (κ2) is 5.57. The van der Waals surface area contributed by atoms with E-state index in [0.29, 0.717) is 18.3 Å². The van der Waals surface area contributed by atoms with E-state index in [1.54, 1.807) is 12.1 Å². The molecule has 0 aromatic carbocycles. The number of carbonyl (C=O) groups excluding carboxylic acids is 1. The zero-order chi connectivity index (χ0) is 13.0. The maximum Gasteiger partial charge on any atom is 0.284 e. The number of furan rings is 1. The first-order chi connectivity index (χ1) is 8.69. The van der Waals surface area contributed by atoms with Crippen LogP contribution in [0.2, 0.25) is 0 Å². The van der Waals surface area contributed by atoms with E-state index in [1.165, 1.54) is 12.8 Å². The molecular formula is C12H18N4O2. The highest BCUT2D eigenvalue weighted by Gasteiger charge is 2.22. The van der Waals surface area contributed by atoms with Gasteiger partial charge in [0.05, 0.1) is 0 Å². The molecule has 2 rings (SSSR count). The van der Waals surface area contributed by atoms with E-state index in [4.69, 9.17) is 10.2 Å². The number of aliphatic imine (C=N–C) groups is 1. The van der Waals surface area contributed by atoms with Gasteiger partial charge in [0.1, 0.15) is 12.3 Å². The average Bonchev–Trinajstić information content (AvgIpc) is 3.01. The van der Waals surface area contributed by atoms with E-state index in [1.807, 2.05) is 6.92 Å². The average molecular weight is 250 g/mol. The lowest BCUT2D eigenvalue weighted by Gasteiger charge is -2.09. The zero-order valence-corrected chi connectivity index (χ0v) is 10.4. The highest BCUT2D eigenvalue weighted by molar-refractivity contribution is 5.89. The highest BCUT2D eigenvalue weighted by Crippen LogP contribution is 2.18. The van der Waals surface area contributed by atoms with E-state index in [-0.39, 0.29) is 5.76 Å². The van der Waals surface area contributed by atoms with E-state index in [9.17, 15) is 4.79 Å². The Labute approximate surface area is 106 Å². The molecule has 1 aliphatic rings. The van der Waals surface area contributed by atoms with Crippen LogP contribution in [-0.4, -0.2) is 24.5 Å². The molecule has 0 radical (unpaired) electrons. The third-order valence-corrected chi connectivity index (χ3v) is 2.56. The van der Waals surface area contributed by atoms with Gasteiger partial charge in [-0.1, -0.05) is 0 Å². The van der Waals surface area contributed by atoms with Crippen molar-refractivity contribution in [3.63, 3.8) is 0 Å². The molecule has 1 saturated carbocycles. The third kappa shape index (κ3) is 3.51. The lowest BCUT2D eigenvalue weighted by molar-refractivity contribution is 0.0972. The van der Waals surface area contributed by atoms with E-state index in [2.05, 4.69) is 15.6 Å². The van der Waals surface area contributed by atoms with Crippen LogP contribution in [0.15, 0.2) is 21.5 Å². The van der Waals surface area contributed by atoms with Gasteiger partial charge in [-0.15, -0.1) is 0 Å². The van der Waals surface area contributed by atoms with Gasteiger partial charge in [-0.2, -0.15) is 0 Å². The number of hydrogen-bond acceptors (Lipinski definition) is 3. The summed E-state index contributed by atoms with van der Waals surface area (Å²) in [7, 11) is 0. The molecule has 1 amide bonds. The summed E-state index contributed by atoms with van der Waals surface area (Å²) in [5.74, 6) is 1.00. The first kappa shape index (κ1) is 12.5. The first-order valence-corrected chi connectivity index (χ1v) is 6.12. The molecule has 0 unspecified atom stereocenters. The number of nitrogens with one attached hydrogen (secondary N) is 2. The lowest BCUT2D eigenvalue weighted by Crippen LogP contribution is -2.38. The maximum absolute atomic E-state index is 10.9. The van der Waals surface area contributed by atoms with Crippen LogP contribution < -0.4 is 16.4 Å². The van der Waals surface area contributed by atoms with Crippen LogP contribution >= 0.6 is 0 Å². The fourth-order valence-corrected chi connectivity index (χ4v) is 1.49. The highest BCUT2D eigenvalue weighted by atomic mass is 16.3. The SMILES string of the molecule is CCNC(=NCc1ccc(C(N)=O)o1)NC1CC1.